The molecule has 0 radical (unpaired) electrons. The lowest BCUT2D eigenvalue weighted by molar-refractivity contribution is -0.157. The molecule has 0 aromatic heterocycles. The van der Waals surface area contributed by atoms with Crippen molar-refractivity contribution < 1.29 is 39.5 Å². The molecular formula is C14H26O9S2. The van der Waals surface area contributed by atoms with Gasteiger partial charge in [-0.1, -0.05) is 6.42 Å². The molecule has 0 aliphatic carbocycles. The zero-order valence-corrected chi connectivity index (χ0v) is 16.6. The van der Waals surface area contributed by atoms with Crippen LogP contribution in [-0.4, -0.2) is 58.9 Å². The molecule has 0 aromatic rings. The normalized spacial score (nSPS) is 12.8. The Morgan fingerprint density at radius 2 is 1.24 bits per heavy atom. The fourth-order valence-corrected chi connectivity index (χ4v) is 3.51. The molecule has 0 aliphatic rings. The van der Waals surface area contributed by atoms with Crippen LogP contribution in [0.2, 0.25) is 0 Å². The number of carbonyl (C=O) groups excluding carboxylic acids is 2. The molecule has 25 heavy (non-hydrogen) atoms. The van der Waals surface area contributed by atoms with E-state index >= 15 is 0 Å². The quantitative estimate of drug-likeness (QED) is 0.264. The average molecular weight is 402 g/mol. The van der Waals surface area contributed by atoms with Gasteiger partial charge in [-0.25, -0.2) is 4.79 Å². The van der Waals surface area contributed by atoms with E-state index in [1.54, 1.807) is 20.8 Å². The van der Waals surface area contributed by atoms with E-state index < -0.39 is 50.8 Å². The summed E-state index contributed by atoms with van der Waals surface area (Å²) in [7, 11) is -7.69. The summed E-state index contributed by atoms with van der Waals surface area (Å²) in [6.07, 6.45) is 0.651. The van der Waals surface area contributed by atoms with Crippen LogP contribution in [0.4, 0.5) is 0 Å². The lowest BCUT2D eigenvalue weighted by Gasteiger charge is -2.19. The number of hydrogen-bond acceptors (Lipinski definition) is 9. The van der Waals surface area contributed by atoms with E-state index in [4.69, 9.17) is 4.74 Å². The molecule has 0 spiro atoms. The summed E-state index contributed by atoms with van der Waals surface area (Å²) in [6.45, 7) is 4.94. The minimum Gasteiger partial charge on any atom is -0.458 e. The van der Waals surface area contributed by atoms with Crippen LogP contribution >= 0.6 is 0 Å². The minimum atomic E-state index is -3.90. The summed E-state index contributed by atoms with van der Waals surface area (Å²) in [4.78, 5) is 22.0. The second kappa shape index (κ2) is 10.2. The maximum Gasteiger partial charge on any atom is 0.334 e. The maximum atomic E-state index is 11.6. The summed E-state index contributed by atoms with van der Waals surface area (Å²) in [5.74, 6) is -1.84. The number of ether oxygens (including phenoxy) is 1. The first-order chi connectivity index (χ1) is 11.2. The molecule has 0 aliphatic heterocycles. The molecule has 0 N–H and O–H groups in total. The van der Waals surface area contributed by atoms with Gasteiger partial charge in [0.2, 0.25) is 0 Å². The van der Waals surface area contributed by atoms with Crippen LogP contribution in [0.5, 0.6) is 0 Å². The Labute approximate surface area is 149 Å². The SMILES string of the molecule is CC(=O)COS(=O)(=O)CCCCCS(=O)(=O)OCC(=O)OC(C)(C)C. The molecule has 11 heteroatoms. The van der Waals surface area contributed by atoms with Crippen molar-refractivity contribution in [2.24, 2.45) is 0 Å². The fraction of sp³-hybridized carbons (Fsp3) is 0.857. The zero-order valence-electron chi connectivity index (χ0n) is 14.9. The van der Waals surface area contributed by atoms with Crippen LogP contribution < -0.4 is 0 Å². The second-order valence-electron chi connectivity index (χ2n) is 6.40. The molecule has 0 bridgehead atoms. The van der Waals surface area contributed by atoms with Gasteiger partial charge in [-0.05, 0) is 40.5 Å². The van der Waals surface area contributed by atoms with Gasteiger partial charge in [0.1, 0.15) is 12.2 Å². The van der Waals surface area contributed by atoms with E-state index in [1.165, 1.54) is 6.92 Å². The maximum absolute atomic E-state index is 11.6. The Kier molecular flexibility index (Phi) is 9.77. The molecule has 0 aromatic carbocycles. The highest BCUT2D eigenvalue weighted by Gasteiger charge is 2.20. The van der Waals surface area contributed by atoms with E-state index in [9.17, 15) is 26.4 Å². The van der Waals surface area contributed by atoms with Gasteiger partial charge in [-0.15, -0.1) is 0 Å². The van der Waals surface area contributed by atoms with Gasteiger partial charge in [-0.3, -0.25) is 13.2 Å². The Morgan fingerprint density at radius 1 is 0.800 bits per heavy atom. The van der Waals surface area contributed by atoms with Crippen LogP contribution in [0.25, 0.3) is 0 Å². The van der Waals surface area contributed by atoms with Crippen molar-refractivity contribution in [1.29, 1.82) is 0 Å². The van der Waals surface area contributed by atoms with Gasteiger partial charge in [-0.2, -0.15) is 16.8 Å². The molecular weight excluding hydrogens is 376 g/mol. The molecule has 0 saturated carbocycles. The predicted octanol–water partition coefficient (Wildman–Crippen LogP) is 0.780. The molecule has 0 fully saturated rings. The standard InChI is InChI=1S/C14H26O9S2/c1-12(15)10-21-24(17,18)8-6-5-7-9-25(19,20)22-11-13(16)23-14(2,3)4/h5-11H2,1-4H3. The van der Waals surface area contributed by atoms with Crippen molar-refractivity contribution in [2.75, 3.05) is 24.7 Å². The smallest absolute Gasteiger partial charge is 0.334 e. The molecule has 148 valence electrons. The molecule has 0 rings (SSSR count). The third-order valence-electron chi connectivity index (χ3n) is 2.51. The van der Waals surface area contributed by atoms with Gasteiger partial charge < -0.3 is 4.74 Å². The predicted molar refractivity (Wildman–Crippen MR) is 89.9 cm³/mol. The van der Waals surface area contributed by atoms with Crippen molar-refractivity contribution in [3.8, 4) is 0 Å². The first kappa shape index (κ1) is 24.0. The first-order valence-electron chi connectivity index (χ1n) is 7.68. The zero-order chi connectivity index (χ0) is 19.7. The Morgan fingerprint density at radius 3 is 1.64 bits per heavy atom. The van der Waals surface area contributed by atoms with Crippen molar-refractivity contribution >= 4 is 32.0 Å². The third kappa shape index (κ3) is 15.0. The number of ketones is 1. The number of Topliss-reactive ketones (excluding diaryl/α,β-unsaturated/α-hetero) is 1. The lowest BCUT2D eigenvalue weighted by atomic mass is 10.2. The van der Waals surface area contributed by atoms with Gasteiger partial charge in [0.15, 0.2) is 12.4 Å². The number of rotatable bonds is 12. The van der Waals surface area contributed by atoms with Crippen molar-refractivity contribution in [3.05, 3.63) is 0 Å². The Bertz CT molecular complexity index is 642. The Balaban J connectivity index is 4.04. The molecule has 9 nitrogen and oxygen atoms in total. The molecule has 0 amide bonds. The first-order valence-corrected chi connectivity index (χ1v) is 10.8. The van der Waals surface area contributed by atoms with Crippen LogP contribution in [0.3, 0.4) is 0 Å². The van der Waals surface area contributed by atoms with E-state index in [0.29, 0.717) is 6.42 Å². The summed E-state index contributed by atoms with van der Waals surface area (Å²) < 4.78 is 60.0. The lowest BCUT2D eigenvalue weighted by Crippen LogP contribution is -2.27. The molecule has 0 unspecified atom stereocenters. The number of carbonyl (C=O) groups is 2. The number of esters is 1. The third-order valence-corrected chi connectivity index (χ3v) is 5.04. The minimum absolute atomic E-state index is 0.166. The summed E-state index contributed by atoms with van der Waals surface area (Å²) >= 11 is 0. The van der Waals surface area contributed by atoms with Crippen molar-refractivity contribution in [3.63, 3.8) is 0 Å². The van der Waals surface area contributed by atoms with Crippen molar-refractivity contribution in [1.82, 2.24) is 0 Å². The number of hydrogen-bond donors (Lipinski definition) is 0. The molecule has 0 saturated heterocycles. The number of unbranched alkanes of at least 4 members (excludes halogenated alkanes) is 2. The van der Waals surface area contributed by atoms with E-state index in [0.717, 1.165) is 0 Å². The summed E-state index contributed by atoms with van der Waals surface area (Å²) in [5.41, 5.74) is -0.736. The molecule has 0 atom stereocenters. The largest absolute Gasteiger partial charge is 0.458 e. The van der Waals surface area contributed by atoms with Crippen LogP contribution in [0.1, 0.15) is 47.0 Å². The van der Waals surface area contributed by atoms with Gasteiger partial charge in [0, 0.05) is 0 Å². The van der Waals surface area contributed by atoms with E-state index in [1.807, 2.05) is 0 Å². The van der Waals surface area contributed by atoms with Gasteiger partial charge in [0.25, 0.3) is 20.2 Å². The van der Waals surface area contributed by atoms with E-state index in [2.05, 4.69) is 8.37 Å². The van der Waals surface area contributed by atoms with Gasteiger partial charge in [0.05, 0.1) is 11.5 Å². The highest BCUT2D eigenvalue weighted by Crippen LogP contribution is 2.09. The van der Waals surface area contributed by atoms with Crippen LogP contribution in [-0.2, 0) is 42.9 Å². The molecule has 0 heterocycles. The van der Waals surface area contributed by atoms with Gasteiger partial charge >= 0.3 is 5.97 Å². The highest BCUT2D eigenvalue weighted by atomic mass is 32.2. The highest BCUT2D eigenvalue weighted by molar-refractivity contribution is 7.87. The van der Waals surface area contributed by atoms with Crippen LogP contribution in [0, 0.1) is 0 Å². The Hall–Kier alpha value is -1.04. The van der Waals surface area contributed by atoms with Crippen LogP contribution in [0.15, 0.2) is 0 Å². The van der Waals surface area contributed by atoms with E-state index in [-0.39, 0.29) is 24.3 Å². The van der Waals surface area contributed by atoms with Crippen molar-refractivity contribution in [2.45, 2.75) is 52.6 Å². The topological polar surface area (TPSA) is 130 Å². The second-order valence-corrected chi connectivity index (χ2v) is 9.92. The monoisotopic (exact) mass is 402 g/mol. The average Bonchev–Trinajstić information content (AvgIpc) is 2.41. The summed E-state index contributed by atoms with van der Waals surface area (Å²) in [5, 5.41) is 0. The summed E-state index contributed by atoms with van der Waals surface area (Å²) in [6, 6.07) is 0. The fourth-order valence-electron chi connectivity index (χ4n) is 1.53.